The Kier molecular flexibility index (Phi) is 5.54. The number of rotatable bonds is 5. The van der Waals surface area contributed by atoms with Crippen molar-refractivity contribution in [2.45, 2.75) is 11.7 Å². The highest BCUT2D eigenvalue weighted by Gasteiger charge is 2.40. The summed E-state index contributed by atoms with van der Waals surface area (Å²) < 4.78 is 0. The van der Waals surface area contributed by atoms with Gasteiger partial charge in [0.2, 0.25) is 5.91 Å². The lowest BCUT2D eigenvalue weighted by atomic mass is 10.1. The molecule has 3 aromatic rings. The Balaban J connectivity index is 1.66. The van der Waals surface area contributed by atoms with Crippen molar-refractivity contribution >= 4 is 40.0 Å². The molecule has 7 heteroatoms. The highest BCUT2D eigenvalue weighted by molar-refractivity contribution is 8.16. The Morgan fingerprint density at radius 3 is 2.13 bits per heavy atom. The molecule has 0 bridgehead atoms. The normalized spacial score (nSPS) is 17.5. The van der Waals surface area contributed by atoms with Gasteiger partial charge in [-0.25, -0.2) is 4.99 Å². The summed E-state index contributed by atoms with van der Waals surface area (Å²) in [5, 5.41) is 18.9. The van der Waals surface area contributed by atoms with Gasteiger partial charge < -0.3 is 10.2 Å². The number of ketones is 1. The number of carbonyl (C=O) groups is 2. The molecule has 1 saturated heterocycles. The van der Waals surface area contributed by atoms with E-state index in [0.29, 0.717) is 22.1 Å². The predicted octanol–water partition coefficient (Wildman–Crippen LogP) is 4.51. The minimum absolute atomic E-state index is 0.0523. The summed E-state index contributed by atoms with van der Waals surface area (Å²) in [4.78, 5) is 31.9. The molecule has 1 amide bonds. The first-order valence-electron chi connectivity index (χ1n) is 9.27. The van der Waals surface area contributed by atoms with E-state index in [4.69, 9.17) is 0 Å². The molecule has 0 spiro atoms. The highest BCUT2D eigenvalue weighted by atomic mass is 32.2. The summed E-state index contributed by atoms with van der Waals surface area (Å²) in [7, 11) is 0. The fourth-order valence-corrected chi connectivity index (χ4v) is 4.22. The quantitative estimate of drug-likeness (QED) is 0.595. The number of aromatic hydroxyl groups is 2. The van der Waals surface area contributed by atoms with Gasteiger partial charge >= 0.3 is 0 Å². The first-order chi connectivity index (χ1) is 14.5. The molecule has 3 aromatic carbocycles. The number of Topliss-reactive ketones (excluding diaryl/α,β-unsaturated/α-hetero) is 1. The monoisotopic (exact) mass is 418 g/mol. The van der Waals surface area contributed by atoms with Gasteiger partial charge in [0.25, 0.3) is 0 Å². The Labute approximate surface area is 177 Å². The molecule has 0 aromatic heterocycles. The third-order valence-corrected chi connectivity index (χ3v) is 5.72. The second-order valence-electron chi connectivity index (χ2n) is 6.70. The molecule has 1 aliphatic rings. The average Bonchev–Trinajstić information content (AvgIpc) is 3.05. The van der Waals surface area contributed by atoms with Gasteiger partial charge in [-0.15, -0.1) is 0 Å². The highest BCUT2D eigenvalue weighted by Crippen LogP contribution is 2.36. The van der Waals surface area contributed by atoms with Crippen molar-refractivity contribution in [1.82, 2.24) is 0 Å². The third kappa shape index (κ3) is 4.21. The number of phenols is 2. The minimum Gasteiger partial charge on any atom is -0.508 e. The molecule has 6 nitrogen and oxygen atoms in total. The number of benzene rings is 3. The van der Waals surface area contributed by atoms with Gasteiger partial charge in [-0.2, -0.15) is 0 Å². The van der Waals surface area contributed by atoms with E-state index in [1.54, 1.807) is 48.5 Å². The maximum Gasteiger partial charge on any atom is 0.247 e. The Morgan fingerprint density at radius 2 is 1.50 bits per heavy atom. The average molecular weight is 418 g/mol. The molecule has 1 heterocycles. The molecule has 0 radical (unpaired) electrons. The lowest BCUT2D eigenvalue weighted by Crippen LogP contribution is -2.32. The van der Waals surface area contributed by atoms with Crippen molar-refractivity contribution in [2.75, 3.05) is 4.90 Å². The fourth-order valence-electron chi connectivity index (χ4n) is 3.06. The van der Waals surface area contributed by atoms with E-state index in [2.05, 4.69) is 4.99 Å². The van der Waals surface area contributed by atoms with Crippen molar-refractivity contribution in [3.63, 3.8) is 0 Å². The lowest BCUT2D eigenvalue weighted by molar-refractivity contribution is -0.116. The first kappa shape index (κ1) is 19.7. The van der Waals surface area contributed by atoms with Crippen molar-refractivity contribution in [2.24, 2.45) is 4.99 Å². The topological polar surface area (TPSA) is 90.2 Å². The summed E-state index contributed by atoms with van der Waals surface area (Å²) in [6.07, 6.45) is 0.0523. The van der Waals surface area contributed by atoms with Crippen LogP contribution in [0.1, 0.15) is 16.8 Å². The number of carbonyl (C=O) groups excluding carboxylic acids is 2. The second kappa shape index (κ2) is 8.42. The van der Waals surface area contributed by atoms with Crippen LogP contribution in [-0.2, 0) is 4.79 Å². The molecule has 30 heavy (non-hydrogen) atoms. The number of phenolic OH excluding ortho intramolecular Hbond substituents is 2. The van der Waals surface area contributed by atoms with Crippen molar-refractivity contribution < 1.29 is 19.8 Å². The zero-order valence-electron chi connectivity index (χ0n) is 15.8. The molecule has 1 aliphatic heterocycles. The van der Waals surface area contributed by atoms with Crippen LogP contribution in [0.5, 0.6) is 11.5 Å². The van der Waals surface area contributed by atoms with Gasteiger partial charge in [-0.1, -0.05) is 42.1 Å². The van der Waals surface area contributed by atoms with Crippen LogP contribution in [0.4, 0.5) is 11.4 Å². The van der Waals surface area contributed by atoms with E-state index in [0.717, 1.165) is 0 Å². The molecule has 0 aliphatic carbocycles. The van der Waals surface area contributed by atoms with E-state index < -0.39 is 5.25 Å². The van der Waals surface area contributed by atoms with Crippen molar-refractivity contribution in [3.05, 3.63) is 84.4 Å². The maximum absolute atomic E-state index is 13.2. The molecule has 2 N–H and O–H groups in total. The van der Waals surface area contributed by atoms with Crippen LogP contribution in [0, 0.1) is 0 Å². The molecular weight excluding hydrogens is 400 g/mol. The summed E-state index contributed by atoms with van der Waals surface area (Å²) in [6.45, 7) is 0. The van der Waals surface area contributed by atoms with Crippen LogP contribution in [0.25, 0.3) is 0 Å². The molecule has 1 unspecified atom stereocenters. The number of amidine groups is 1. The van der Waals surface area contributed by atoms with Crippen LogP contribution >= 0.6 is 11.8 Å². The number of hydrogen-bond acceptors (Lipinski definition) is 6. The molecular formula is C23H18N2O4S. The molecule has 1 atom stereocenters. The van der Waals surface area contributed by atoms with Crippen molar-refractivity contribution in [1.29, 1.82) is 0 Å². The molecule has 4 rings (SSSR count). The van der Waals surface area contributed by atoms with Crippen LogP contribution < -0.4 is 4.90 Å². The van der Waals surface area contributed by atoms with Crippen molar-refractivity contribution in [3.8, 4) is 11.5 Å². The van der Waals surface area contributed by atoms with E-state index in [-0.39, 0.29) is 29.6 Å². The number of nitrogens with zero attached hydrogens (tertiary/aromatic N) is 2. The maximum atomic E-state index is 13.2. The lowest BCUT2D eigenvalue weighted by Gasteiger charge is -2.16. The van der Waals surface area contributed by atoms with Gasteiger partial charge in [0.05, 0.1) is 16.6 Å². The van der Waals surface area contributed by atoms with Gasteiger partial charge in [-0.05, 0) is 48.5 Å². The summed E-state index contributed by atoms with van der Waals surface area (Å²) in [5.74, 6) is -0.146. The molecule has 150 valence electrons. The summed E-state index contributed by atoms with van der Waals surface area (Å²) >= 11 is 1.23. The second-order valence-corrected chi connectivity index (χ2v) is 7.87. The zero-order chi connectivity index (χ0) is 21.1. The summed E-state index contributed by atoms with van der Waals surface area (Å²) in [6, 6.07) is 21.4. The first-order valence-corrected chi connectivity index (χ1v) is 10.1. The zero-order valence-corrected chi connectivity index (χ0v) is 16.6. The van der Waals surface area contributed by atoms with E-state index in [1.165, 1.54) is 40.9 Å². The summed E-state index contributed by atoms with van der Waals surface area (Å²) in [5.41, 5.74) is 1.69. The molecule has 1 fully saturated rings. The standard InChI is InChI=1S/C23H18N2O4S/c26-18-10-6-16(7-11-18)24-23-25(17-8-12-19(27)13-9-17)22(29)21(30-23)14-20(28)15-4-2-1-3-5-15/h1-13,21,26-27H,14H2. The van der Waals surface area contributed by atoms with Gasteiger partial charge in [0, 0.05) is 12.0 Å². The number of thioether (sulfide) groups is 1. The molecule has 0 saturated carbocycles. The van der Waals surface area contributed by atoms with Crippen LogP contribution in [0.3, 0.4) is 0 Å². The third-order valence-electron chi connectivity index (χ3n) is 4.58. The van der Waals surface area contributed by atoms with Gasteiger partial charge in [0.15, 0.2) is 11.0 Å². The van der Waals surface area contributed by atoms with Gasteiger partial charge in [-0.3, -0.25) is 14.5 Å². The minimum atomic E-state index is -0.609. The number of hydrogen-bond donors (Lipinski definition) is 2. The number of aliphatic imine (C=N–C) groups is 1. The van der Waals surface area contributed by atoms with E-state index in [9.17, 15) is 19.8 Å². The van der Waals surface area contributed by atoms with Crippen LogP contribution in [-0.4, -0.2) is 32.3 Å². The number of anilines is 1. The van der Waals surface area contributed by atoms with E-state index >= 15 is 0 Å². The smallest absolute Gasteiger partial charge is 0.247 e. The Morgan fingerprint density at radius 1 is 0.900 bits per heavy atom. The van der Waals surface area contributed by atoms with Crippen LogP contribution in [0.2, 0.25) is 0 Å². The SMILES string of the molecule is O=C(CC1SC(=Nc2ccc(O)cc2)N(c2ccc(O)cc2)C1=O)c1ccccc1. The van der Waals surface area contributed by atoms with Gasteiger partial charge in [0.1, 0.15) is 11.5 Å². The van der Waals surface area contributed by atoms with Crippen LogP contribution in [0.15, 0.2) is 83.9 Å². The number of amides is 1. The Bertz CT molecular complexity index is 1100. The fraction of sp³-hybridized carbons (Fsp3) is 0.0870. The van der Waals surface area contributed by atoms with E-state index in [1.807, 2.05) is 6.07 Å². The predicted molar refractivity (Wildman–Crippen MR) is 118 cm³/mol. The Hall–Kier alpha value is -3.58. The largest absolute Gasteiger partial charge is 0.508 e.